The minimum absolute atomic E-state index is 0.0449. The summed E-state index contributed by atoms with van der Waals surface area (Å²) in [6.07, 6.45) is 2.08. The first-order chi connectivity index (χ1) is 12.5. The van der Waals surface area contributed by atoms with Crippen LogP contribution in [0.5, 0.6) is 0 Å². The largest absolute Gasteiger partial charge is 0.466 e. The van der Waals surface area contributed by atoms with Crippen molar-refractivity contribution in [2.75, 3.05) is 20.8 Å². The van der Waals surface area contributed by atoms with Crippen LogP contribution in [0.1, 0.15) is 38.2 Å². The molecule has 0 aromatic heterocycles. The molecule has 0 saturated heterocycles. The van der Waals surface area contributed by atoms with Gasteiger partial charge >= 0.3 is 5.97 Å². The standard InChI is InChI=1S/C19H28N2O5/c1-4-5-13-26-18(23)12-11-16(19(24)21(2)25-3)20-17(22)14-15-9-7-6-8-10-15/h6-10,16H,4-5,11-14H2,1-3H3,(H,20,22)/t16-/m0/s1. The van der Waals surface area contributed by atoms with E-state index in [9.17, 15) is 14.4 Å². The summed E-state index contributed by atoms with van der Waals surface area (Å²) < 4.78 is 5.09. The molecular weight excluding hydrogens is 336 g/mol. The van der Waals surface area contributed by atoms with Crippen LogP contribution in [0.15, 0.2) is 30.3 Å². The van der Waals surface area contributed by atoms with E-state index in [0.717, 1.165) is 23.5 Å². The summed E-state index contributed by atoms with van der Waals surface area (Å²) in [5, 5.41) is 3.72. The Kier molecular flexibility index (Phi) is 10.0. The van der Waals surface area contributed by atoms with E-state index in [1.165, 1.54) is 14.2 Å². The van der Waals surface area contributed by atoms with E-state index in [1.807, 2.05) is 37.3 Å². The number of esters is 1. The van der Waals surface area contributed by atoms with Gasteiger partial charge in [0.25, 0.3) is 5.91 Å². The summed E-state index contributed by atoms with van der Waals surface area (Å²) in [6, 6.07) is 8.37. The number of nitrogens with zero attached hydrogens (tertiary/aromatic N) is 1. The van der Waals surface area contributed by atoms with E-state index in [1.54, 1.807) is 0 Å². The van der Waals surface area contributed by atoms with Crippen LogP contribution in [0.3, 0.4) is 0 Å². The van der Waals surface area contributed by atoms with Gasteiger partial charge in [-0.15, -0.1) is 0 Å². The maximum Gasteiger partial charge on any atom is 0.305 e. The monoisotopic (exact) mass is 364 g/mol. The molecule has 2 amide bonds. The first-order valence-corrected chi connectivity index (χ1v) is 8.78. The van der Waals surface area contributed by atoms with Gasteiger partial charge in [0.05, 0.1) is 20.1 Å². The lowest BCUT2D eigenvalue weighted by atomic mass is 10.1. The van der Waals surface area contributed by atoms with Crippen molar-refractivity contribution >= 4 is 17.8 Å². The van der Waals surface area contributed by atoms with Gasteiger partial charge < -0.3 is 10.1 Å². The third-order valence-electron chi connectivity index (χ3n) is 3.82. The molecule has 0 bridgehead atoms. The van der Waals surface area contributed by atoms with Gasteiger partial charge in [0.15, 0.2) is 0 Å². The number of ether oxygens (including phenoxy) is 1. The third kappa shape index (κ3) is 8.11. The highest BCUT2D eigenvalue weighted by molar-refractivity contribution is 5.88. The summed E-state index contributed by atoms with van der Waals surface area (Å²) in [4.78, 5) is 41.3. The van der Waals surface area contributed by atoms with Crippen LogP contribution in [0.4, 0.5) is 0 Å². The fraction of sp³-hybridized carbons (Fsp3) is 0.526. The van der Waals surface area contributed by atoms with E-state index in [2.05, 4.69) is 5.32 Å². The fourth-order valence-corrected chi connectivity index (χ4v) is 2.26. The van der Waals surface area contributed by atoms with Crippen molar-refractivity contribution in [3.05, 3.63) is 35.9 Å². The van der Waals surface area contributed by atoms with E-state index < -0.39 is 11.9 Å². The SMILES string of the molecule is CCCCOC(=O)CC[C@H](NC(=O)Cc1ccccc1)C(=O)N(C)OC. The molecule has 1 N–H and O–H groups in total. The summed E-state index contributed by atoms with van der Waals surface area (Å²) in [5.41, 5.74) is 0.843. The normalized spacial score (nSPS) is 11.5. The number of hydroxylamine groups is 2. The van der Waals surface area contributed by atoms with E-state index in [4.69, 9.17) is 9.57 Å². The number of benzene rings is 1. The molecule has 0 spiro atoms. The van der Waals surface area contributed by atoms with Crippen LogP contribution in [0, 0.1) is 0 Å². The Bertz CT molecular complexity index is 577. The minimum atomic E-state index is -0.852. The average molecular weight is 364 g/mol. The Hall–Kier alpha value is -2.41. The van der Waals surface area contributed by atoms with Crippen molar-refractivity contribution in [2.45, 2.75) is 45.1 Å². The van der Waals surface area contributed by atoms with Crippen LogP contribution in [-0.2, 0) is 30.4 Å². The quantitative estimate of drug-likeness (QED) is 0.368. The molecular formula is C19H28N2O5. The molecule has 1 aromatic carbocycles. The van der Waals surface area contributed by atoms with Gasteiger partial charge in [0.1, 0.15) is 6.04 Å². The molecule has 0 aliphatic carbocycles. The van der Waals surface area contributed by atoms with Gasteiger partial charge in [-0.25, -0.2) is 5.06 Å². The molecule has 7 nitrogen and oxygen atoms in total. The Morgan fingerprint density at radius 1 is 1.19 bits per heavy atom. The number of nitrogens with one attached hydrogen (secondary N) is 1. The molecule has 0 radical (unpaired) electrons. The molecule has 0 aliphatic rings. The van der Waals surface area contributed by atoms with Gasteiger partial charge in [0.2, 0.25) is 5.91 Å². The van der Waals surface area contributed by atoms with E-state index in [0.29, 0.717) is 6.61 Å². The van der Waals surface area contributed by atoms with Crippen molar-refractivity contribution in [3.8, 4) is 0 Å². The summed E-state index contributed by atoms with van der Waals surface area (Å²) in [5.74, 6) is -1.10. The number of likely N-dealkylation sites (N-methyl/N-ethyl adjacent to an activating group) is 1. The second kappa shape index (κ2) is 12.0. The first-order valence-electron chi connectivity index (χ1n) is 8.78. The summed E-state index contributed by atoms with van der Waals surface area (Å²) >= 11 is 0. The van der Waals surface area contributed by atoms with Crippen molar-refractivity contribution in [1.82, 2.24) is 10.4 Å². The Morgan fingerprint density at radius 2 is 1.88 bits per heavy atom. The molecule has 1 aromatic rings. The van der Waals surface area contributed by atoms with E-state index in [-0.39, 0.29) is 31.1 Å². The zero-order valence-electron chi connectivity index (χ0n) is 15.7. The van der Waals surface area contributed by atoms with Crippen molar-refractivity contribution in [3.63, 3.8) is 0 Å². The van der Waals surface area contributed by atoms with Gasteiger partial charge in [-0.1, -0.05) is 43.7 Å². The lowest BCUT2D eigenvalue weighted by Gasteiger charge is -2.22. The average Bonchev–Trinajstić information content (AvgIpc) is 2.64. The molecule has 26 heavy (non-hydrogen) atoms. The zero-order chi connectivity index (χ0) is 19.4. The van der Waals surface area contributed by atoms with Gasteiger partial charge in [0, 0.05) is 13.5 Å². The molecule has 0 heterocycles. The number of unbranched alkanes of at least 4 members (excludes halogenated alkanes) is 1. The maximum atomic E-state index is 12.4. The molecule has 0 fully saturated rings. The first kappa shape index (κ1) is 21.6. The van der Waals surface area contributed by atoms with Crippen molar-refractivity contribution in [2.24, 2.45) is 0 Å². The van der Waals surface area contributed by atoms with Crippen molar-refractivity contribution in [1.29, 1.82) is 0 Å². The van der Waals surface area contributed by atoms with Crippen molar-refractivity contribution < 1.29 is 24.0 Å². The fourth-order valence-electron chi connectivity index (χ4n) is 2.26. The highest BCUT2D eigenvalue weighted by Gasteiger charge is 2.25. The zero-order valence-corrected chi connectivity index (χ0v) is 15.7. The molecule has 7 heteroatoms. The highest BCUT2D eigenvalue weighted by atomic mass is 16.7. The van der Waals surface area contributed by atoms with Gasteiger partial charge in [-0.3, -0.25) is 19.2 Å². The lowest BCUT2D eigenvalue weighted by molar-refractivity contribution is -0.172. The number of amides is 2. The topological polar surface area (TPSA) is 84.9 Å². The highest BCUT2D eigenvalue weighted by Crippen LogP contribution is 2.06. The minimum Gasteiger partial charge on any atom is -0.466 e. The molecule has 1 rings (SSSR count). The predicted molar refractivity (Wildman–Crippen MR) is 97.0 cm³/mol. The molecule has 0 aliphatic heterocycles. The summed E-state index contributed by atoms with van der Waals surface area (Å²) in [6.45, 7) is 2.37. The Balaban J connectivity index is 2.62. The van der Waals surface area contributed by atoms with Crippen LogP contribution < -0.4 is 5.32 Å². The molecule has 1 atom stereocenters. The van der Waals surface area contributed by atoms with E-state index >= 15 is 0 Å². The number of carbonyl (C=O) groups is 3. The van der Waals surface area contributed by atoms with Gasteiger partial charge in [-0.2, -0.15) is 0 Å². The Labute approximate surface area is 154 Å². The third-order valence-corrected chi connectivity index (χ3v) is 3.82. The van der Waals surface area contributed by atoms with Crippen LogP contribution in [0.25, 0.3) is 0 Å². The number of carbonyl (C=O) groups excluding carboxylic acids is 3. The maximum absolute atomic E-state index is 12.4. The molecule has 0 saturated carbocycles. The second-order valence-corrected chi connectivity index (χ2v) is 5.91. The number of rotatable bonds is 11. The number of hydrogen-bond donors (Lipinski definition) is 1. The Morgan fingerprint density at radius 3 is 2.50 bits per heavy atom. The lowest BCUT2D eigenvalue weighted by Crippen LogP contribution is -2.47. The van der Waals surface area contributed by atoms with Crippen LogP contribution >= 0.6 is 0 Å². The molecule has 0 unspecified atom stereocenters. The summed E-state index contributed by atoms with van der Waals surface area (Å²) in [7, 11) is 2.82. The number of hydrogen-bond acceptors (Lipinski definition) is 5. The predicted octanol–water partition coefficient (Wildman–Crippen LogP) is 1.86. The smallest absolute Gasteiger partial charge is 0.305 e. The van der Waals surface area contributed by atoms with Crippen LogP contribution in [0.2, 0.25) is 0 Å². The second-order valence-electron chi connectivity index (χ2n) is 5.91. The van der Waals surface area contributed by atoms with Gasteiger partial charge in [-0.05, 0) is 18.4 Å². The van der Waals surface area contributed by atoms with Crippen LogP contribution in [-0.4, -0.2) is 49.7 Å². The molecule has 144 valence electrons.